The molecule has 6 heteroatoms. The second-order valence-corrected chi connectivity index (χ2v) is 7.81. The zero-order valence-corrected chi connectivity index (χ0v) is 15.4. The number of likely N-dealkylation sites (N-methyl/N-ethyl adjacent to an activating group) is 1. The highest BCUT2D eigenvalue weighted by Crippen LogP contribution is 2.31. The van der Waals surface area contributed by atoms with Crippen molar-refractivity contribution in [1.29, 1.82) is 0 Å². The second kappa shape index (κ2) is 7.40. The fourth-order valence-electron chi connectivity index (χ4n) is 2.85. The maximum Gasteiger partial charge on any atom is 0.264 e. The third-order valence-corrected chi connectivity index (χ3v) is 6.09. The van der Waals surface area contributed by atoms with E-state index in [4.69, 9.17) is 0 Å². The quantitative estimate of drug-likeness (QED) is 0.828. The standard InChI is InChI=1S/C18H20N2O2S2/c1-20(18(22)16-10-12-6-5-9-14(12)24-16)11-17(21)19-13-7-3-4-8-15(13)23-2/h3-4,7-8,10H,5-6,9,11H2,1-2H3,(H,19,21). The lowest BCUT2D eigenvalue weighted by atomic mass is 10.2. The normalized spacial score (nSPS) is 12.8. The first-order valence-corrected chi connectivity index (χ1v) is 9.92. The summed E-state index contributed by atoms with van der Waals surface area (Å²) in [6.07, 6.45) is 5.29. The van der Waals surface area contributed by atoms with Crippen molar-refractivity contribution in [3.8, 4) is 0 Å². The van der Waals surface area contributed by atoms with Crippen molar-refractivity contribution in [1.82, 2.24) is 4.90 Å². The average Bonchev–Trinajstić information content (AvgIpc) is 3.16. The number of hydrogen-bond acceptors (Lipinski definition) is 4. The van der Waals surface area contributed by atoms with Gasteiger partial charge in [0.15, 0.2) is 0 Å². The molecular weight excluding hydrogens is 340 g/mol. The van der Waals surface area contributed by atoms with Gasteiger partial charge in [-0.2, -0.15) is 0 Å². The predicted octanol–water partition coefficient (Wildman–Crippen LogP) is 3.67. The zero-order chi connectivity index (χ0) is 17.1. The van der Waals surface area contributed by atoms with Crippen LogP contribution in [0.25, 0.3) is 0 Å². The minimum absolute atomic E-state index is 0.0457. The van der Waals surface area contributed by atoms with Crippen LogP contribution in [-0.2, 0) is 17.6 Å². The van der Waals surface area contributed by atoms with Crippen LogP contribution in [0.2, 0.25) is 0 Å². The highest BCUT2D eigenvalue weighted by atomic mass is 32.2. The van der Waals surface area contributed by atoms with Gasteiger partial charge in [0.2, 0.25) is 5.91 Å². The monoisotopic (exact) mass is 360 g/mol. The number of benzene rings is 1. The molecule has 1 heterocycles. The molecule has 126 valence electrons. The smallest absolute Gasteiger partial charge is 0.264 e. The summed E-state index contributed by atoms with van der Waals surface area (Å²) in [6, 6.07) is 9.65. The molecule has 4 nitrogen and oxygen atoms in total. The number of anilines is 1. The summed E-state index contributed by atoms with van der Waals surface area (Å²) in [5.74, 6) is -0.265. The Bertz CT molecular complexity index is 749. The van der Waals surface area contributed by atoms with Gasteiger partial charge in [0, 0.05) is 16.8 Å². The maximum absolute atomic E-state index is 12.5. The first-order valence-electron chi connectivity index (χ1n) is 7.88. The summed E-state index contributed by atoms with van der Waals surface area (Å²) in [7, 11) is 1.67. The number of nitrogens with one attached hydrogen (secondary N) is 1. The van der Waals surface area contributed by atoms with E-state index < -0.39 is 0 Å². The van der Waals surface area contributed by atoms with E-state index in [1.54, 1.807) is 30.1 Å². The Hall–Kier alpha value is -1.79. The summed E-state index contributed by atoms with van der Waals surface area (Å²) in [5, 5.41) is 2.89. The van der Waals surface area contributed by atoms with E-state index >= 15 is 0 Å². The number of hydrogen-bond donors (Lipinski definition) is 1. The number of rotatable bonds is 5. The molecule has 3 rings (SSSR count). The third kappa shape index (κ3) is 3.65. The molecule has 0 fully saturated rings. The molecule has 0 saturated carbocycles. The van der Waals surface area contributed by atoms with Crippen molar-refractivity contribution >= 4 is 40.6 Å². The number of carbonyl (C=O) groups is 2. The van der Waals surface area contributed by atoms with E-state index in [9.17, 15) is 9.59 Å². The molecule has 0 spiro atoms. The molecule has 0 bridgehead atoms. The van der Waals surface area contributed by atoms with Gasteiger partial charge in [-0.1, -0.05) is 12.1 Å². The van der Waals surface area contributed by atoms with Crippen LogP contribution in [-0.4, -0.2) is 36.6 Å². The van der Waals surface area contributed by atoms with E-state index in [0.29, 0.717) is 0 Å². The molecule has 0 atom stereocenters. The van der Waals surface area contributed by atoms with Crippen LogP contribution >= 0.6 is 23.1 Å². The Kier molecular flexibility index (Phi) is 5.26. The fraction of sp³-hybridized carbons (Fsp3) is 0.333. The van der Waals surface area contributed by atoms with E-state index in [1.807, 2.05) is 36.6 Å². The van der Waals surface area contributed by atoms with E-state index in [1.165, 1.54) is 21.8 Å². The molecule has 2 aromatic rings. The molecule has 1 aromatic carbocycles. The van der Waals surface area contributed by atoms with Crippen LogP contribution < -0.4 is 5.32 Å². The van der Waals surface area contributed by atoms with Gasteiger partial charge >= 0.3 is 0 Å². The highest BCUT2D eigenvalue weighted by molar-refractivity contribution is 7.98. The molecule has 2 amide bonds. The molecule has 0 aliphatic heterocycles. The third-order valence-electron chi connectivity index (χ3n) is 4.07. The Morgan fingerprint density at radius 3 is 2.83 bits per heavy atom. The van der Waals surface area contributed by atoms with Crippen LogP contribution in [0.15, 0.2) is 35.2 Å². The number of thiophene rings is 1. The van der Waals surface area contributed by atoms with Crippen molar-refractivity contribution in [2.45, 2.75) is 24.2 Å². The van der Waals surface area contributed by atoms with Crippen LogP contribution in [0.3, 0.4) is 0 Å². The molecule has 0 saturated heterocycles. The van der Waals surface area contributed by atoms with E-state index in [-0.39, 0.29) is 18.4 Å². The molecule has 0 unspecified atom stereocenters. The van der Waals surface area contributed by atoms with Crippen LogP contribution in [0, 0.1) is 0 Å². The lowest BCUT2D eigenvalue weighted by molar-refractivity contribution is -0.116. The first-order chi connectivity index (χ1) is 11.6. The summed E-state index contributed by atoms with van der Waals surface area (Å²) >= 11 is 3.15. The van der Waals surface area contributed by atoms with Gasteiger partial charge in [0.25, 0.3) is 5.91 Å². The Balaban J connectivity index is 1.62. The number of amides is 2. The number of para-hydroxylation sites is 1. The predicted molar refractivity (Wildman–Crippen MR) is 100 cm³/mol. The first kappa shape index (κ1) is 17.0. The second-order valence-electron chi connectivity index (χ2n) is 5.82. The Labute approximate surface area is 150 Å². The van der Waals surface area contributed by atoms with Crippen molar-refractivity contribution in [3.05, 3.63) is 45.6 Å². The van der Waals surface area contributed by atoms with Crippen molar-refractivity contribution < 1.29 is 9.59 Å². The van der Waals surface area contributed by atoms with Gasteiger partial charge in [0.05, 0.1) is 17.1 Å². The maximum atomic E-state index is 12.5. The number of carbonyl (C=O) groups excluding carboxylic acids is 2. The molecule has 0 radical (unpaired) electrons. The van der Waals surface area contributed by atoms with Crippen LogP contribution in [0.1, 0.15) is 26.5 Å². The molecule has 1 aliphatic carbocycles. The summed E-state index contributed by atoms with van der Waals surface area (Å²) in [4.78, 5) is 29.3. The minimum atomic E-state index is -0.184. The van der Waals surface area contributed by atoms with Crippen molar-refractivity contribution in [3.63, 3.8) is 0 Å². The van der Waals surface area contributed by atoms with Crippen LogP contribution in [0.5, 0.6) is 0 Å². The topological polar surface area (TPSA) is 49.4 Å². The van der Waals surface area contributed by atoms with Gasteiger partial charge in [0.1, 0.15) is 0 Å². The zero-order valence-electron chi connectivity index (χ0n) is 13.8. The summed E-state index contributed by atoms with van der Waals surface area (Å²) in [6.45, 7) is 0.0457. The molecular formula is C18H20N2O2S2. The summed E-state index contributed by atoms with van der Waals surface area (Å²) < 4.78 is 0. The fourth-order valence-corrected chi connectivity index (χ4v) is 4.65. The van der Waals surface area contributed by atoms with Crippen molar-refractivity contribution in [2.24, 2.45) is 0 Å². The molecule has 1 aromatic heterocycles. The van der Waals surface area contributed by atoms with Crippen LogP contribution in [0.4, 0.5) is 5.69 Å². The van der Waals surface area contributed by atoms with Gasteiger partial charge in [-0.05, 0) is 49.3 Å². The van der Waals surface area contributed by atoms with Gasteiger partial charge in [-0.25, -0.2) is 0 Å². The number of aryl methyl sites for hydroxylation is 2. The SMILES string of the molecule is CSc1ccccc1NC(=O)CN(C)C(=O)c1cc2c(s1)CCC2. The number of fused-ring (bicyclic) bond motifs is 1. The molecule has 1 N–H and O–H groups in total. The molecule has 1 aliphatic rings. The van der Waals surface area contributed by atoms with E-state index in [0.717, 1.165) is 28.3 Å². The number of thioether (sulfide) groups is 1. The highest BCUT2D eigenvalue weighted by Gasteiger charge is 2.22. The Morgan fingerprint density at radius 1 is 1.29 bits per heavy atom. The Morgan fingerprint density at radius 2 is 2.08 bits per heavy atom. The lowest BCUT2D eigenvalue weighted by Gasteiger charge is -2.16. The van der Waals surface area contributed by atoms with E-state index in [2.05, 4.69) is 5.32 Å². The number of nitrogens with zero attached hydrogens (tertiary/aromatic N) is 1. The minimum Gasteiger partial charge on any atom is -0.332 e. The summed E-state index contributed by atoms with van der Waals surface area (Å²) in [5.41, 5.74) is 2.08. The molecule has 24 heavy (non-hydrogen) atoms. The lowest BCUT2D eigenvalue weighted by Crippen LogP contribution is -2.34. The van der Waals surface area contributed by atoms with Gasteiger partial charge in [-0.3, -0.25) is 9.59 Å². The van der Waals surface area contributed by atoms with Gasteiger partial charge in [-0.15, -0.1) is 23.1 Å². The van der Waals surface area contributed by atoms with Gasteiger partial charge < -0.3 is 10.2 Å². The average molecular weight is 361 g/mol. The van der Waals surface area contributed by atoms with Crippen molar-refractivity contribution in [2.75, 3.05) is 25.2 Å². The largest absolute Gasteiger partial charge is 0.332 e.